The second-order valence-electron chi connectivity index (χ2n) is 6.83. The fourth-order valence-electron chi connectivity index (χ4n) is 3.11. The predicted molar refractivity (Wildman–Crippen MR) is 123 cm³/mol. The van der Waals surface area contributed by atoms with Crippen molar-refractivity contribution < 1.29 is 14.3 Å². The third kappa shape index (κ3) is 5.33. The van der Waals surface area contributed by atoms with Gasteiger partial charge in [-0.2, -0.15) is 0 Å². The van der Waals surface area contributed by atoms with Crippen molar-refractivity contribution in [3.05, 3.63) is 90.3 Å². The second kappa shape index (κ2) is 10.6. The molecule has 2 aromatic carbocycles. The largest absolute Gasteiger partial charge is 0.493 e. The lowest BCUT2D eigenvalue weighted by molar-refractivity contribution is 0.0600. The molecule has 2 aromatic heterocycles. The Hall–Kier alpha value is -3.65. The number of pyridine rings is 1. The maximum atomic E-state index is 11.5. The average molecular weight is 447 g/mol. The zero-order chi connectivity index (χ0) is 22.2. The van der Waals surface area contributed by atoms with Crippen LogP contribution in [0, 0.1) is 0 Å². The number of hydrogen-bond donors (Lipinski definition) is 0. The van der Waals surface area contributed by atoms with Crippen molar-refractivity contribution in [1.82, 2.24) is 19.7 Å². The van der Waals surface area contributed by atoms with Gasteiger partial charge in [-0.3, -0.25) is 9.55 Å². The van der Waals surface area contributed by atoms with Crippen LogP contribution in [-0.2, 0) is 11.3 Å². The van der Waals surface area contributed by atoms with E-state index in [4.69, 9.17) is 9.47 Å². The molecule has 0 aliphatic rings. The van der Waals surface area contributed by atoms with Gasteiger partial charge in [-0.25, -0.2) is 4.79 Å². The van der Waals surface area contributed by atoms with Gasteiger partial charge in [-0.1, -0.05) is 42.1 Å². The van der Waals surface area contributed by atoms with Crippen LogP contribution in [0.2, 0.25) is 0 Å². The summed E-state index contributed by atoms with van der Waals surface area (Å²) >= 11 is 1.58. The van der Waals surface area contributed by atoms with E-state index in [1.165, 1.54) is 12.7 Å². The fourth-order valence-corrected chi connectivity index (χ4v) is 3.86. The highest BCUT2D eigenvalue weighted by molar-refractivity contribution is 7.99. The molecule has 0 atom stereocenters. The van der Waals surface area contributed by atoms with E-state index in [0.29, 0.717) is 30.2 Å². The molecule has 0 saturated heterocycles. The van der Waals surface area contributed by atoms with Crippen LogP contribution in [0.25, 0.3) is 11.4 Å². The van der Waals surface area contributed by atoms with Gasteiger partial charge in [0.1, 0.15) is 5.75 Å². The molecule has 0 aliphatic heterocycles. The van der Waals surface area contributed by atoms with Gasteiger partial charge in [0.05, 0.1) is 25.8 Å². The number of nitrogens with zero attached hydrogens (tertiary/aromatic N) is 4. The Morgan fingerprint density at radius 3 is 2.53 bits per heavy atom. The number of benzene rings is 2. The first kappa shape index (κ1) is 21.6. The molecule has 0 bridgehead atoms. The molecule has 0 amide bonds. The molecule has 0 saturated carbocycles. The summed E-state index contributed by atoms with van der Waals surface area (Å²) in [5.74, 6) is 1.80. The van der Waals surface area contributed by atoms with Gasteiger partial charge in [0.25, 0.3) is 0 Å². The summed E-state index contributed by atoms with van der Waals surface area (Å²) in [6, 6.07) is 21.0. The molecule has 7 nitrogen and oxygen atoms in total. The highest BCUT2D eigenvalue weighted by atomic mass is 32.2. The lowest BCUT2D eigenvalue weighted by Crippen LogP contribution is -2.06. The van der Waals surface area contributed by atoms with Gasteiger partial charge in [0.2, 0.25) is 0 Å². The van der Waals surface area contributed by atoms with Crippen LogP contribution >= 0.6 is 11.8 Å². The molecule has 0 unspecified atom stereocenters. The van der Waals surface area contributed by atoms with E-state index in [1.54, 1.807) is 48.4 Å². The molecule has 162 valence electrons. The first-order valence-electron chi connectivity index (χ1n) is 10.1. The van der Waals surface area contributed by atoms with E-state index in [-0.39, 0.29) is 5.97 Å². The highest BCUT2D eigenvalue weighted by Crippen LogP contribution is 2.25. The summed E-state index contributed by atoms with van der Waals surface area (Å²) in [7, 11) is 1.36. The normalized spacial score (nSPS) is 10.7. The van der Waals surface area contributed by atoms with E-state index in [0.717, 1.165) is 16.5 Å². The van der Waals surface area contributed by atoms with Crippen molar-refractivity contribution >= 4 is 17.7 Å². The van der Waals surface area contributed by atoms with E-state index < -0.39 is 0 Å². The predicted octanol–water partition coefficient (Wildman–Crippen LogP) is 4.35. The van der Waals surface area contributed by atoms with Gasteiger partial charge < -0.3 is 9.47 Å². The average Bonchev–Trinajstić information content (AvgIpc) is 3.25. The number of carbonyl (C=O) groups excluding carboxylic acids is 1. The Kier molecular flexibility index (Phi) is 7.14. The monoisotopic (exact) mass is 446 g/mol. The summed E-state index contributed by atoms with van der Waals surface area (Å²) in [5.41, 5.74) is 2.58. The maximum absolute atomic E-state index is 11.5. The first-order chi connectivity index (χ1) is 15.7. The van der Waals surface area contributed by atoms with Crippen LogP contribution in [0.3, 0.4) is 0 Å². The number of methoxy groups -OCH3 is 1. The van der Waals surface area contributed by atoms with E-state index in [2.05, 4.69) is 31.9 Å². The molecular weight excluding hydrogens is 424 g/mol. The molecule has 8 heteroatoms. The summed E-state index contributed by atoms with van der Waals surface area (Å²) in [6.45, 7) is 1.15. The van der Waals surface area contributed by atoms with Crippen molar-refractivity contribution in [3.63, 3.8) is 0 Å². The van der Waals surface area contributed by atoms with Gasteiger partial charge in [0, 0.05) is 23.7 Å². The molecule has 0 radical (unpaired) electrons. The standard InChI is InChI=1S/C24H22N4O3S/c1-30-23(29)19-9-11-21(12-10-19)31-14-15-32-24-27-26-22(20-8-5-13-25-16-20)28(24)17-18-6-3-2-4-7-18/h2-13,16H,14-15,17H2,1H3. The lowest BCUT2D eigenvalue weighted by Gasteiger charge is -2.11. The zero-order valence-corrected chi connectivity index (χ0v) is 18.4. The molecular formula is C24H22N4O3S. The quantitative estimate of drug-likeness (QED) is 0.215. The Labute approximate surface area is 190 Å². The molecule has 2 heterocycles. The minimum Gasteiger partial charge on any atom is -0.493 e. The van der Waals surface area contributed by atoms with Crippen LogP contribution in [0.4, 0.5) is 0 Å². The summed E-state index contributed by atoms with van der Waals surface area (Å²) in [4.78, 5) is 15.7. The molecule has 0 N–H and O–H groups in total. The number of ether oxygens (including phenoxy) is 2. The molecule has 4 aromatic rings. The van der Waals surface area contributed by atoms with Crippen LogP contribution in [-0.4, -0.2) is 45.2 Å². The maximum Gasteiger partial charge on any atom is 0.337 e. The minimum atomic E-state index is -0.366. The third-order valence-corrected chi connectivity index (χ3v) is 5.61. The van der Waals surface area contributed by atoms with Crippen molar-refractivity contribution in [2.24, 2.45) is 0 Å². The van der Waals surface area contributed by atoms with Gasteiger partial charge >= 0.3 is 5.97 Å². The number of carbonyl (C=O) groups is 1. The minimum absolute atomic E-state index is 0.366. The van der Waals surface area contributed by atoms with Crippen LogP contribution in [0.5, 0.6) is 5.75 Å². The van der Waals surface area contributed by atoms with E-state index in [1.807, 2.05) is 30.3 Å². The van der Waals surface area contributed by atoms with Crippen LogP contribution < -0.4 is 4.74 Å². The summed E-state index contributed by atoms with van der Waals surface area (Å²) in [6.07, 6.45) is 3.53. The van der Waals surface area contributed by atoms with Gasteiger partial charge in [0.15, 0.2) is 11.0 Å². The molecule has 0 aliphatic carbocycles. The number of thioether (sulfide) groups is 1. The first-order valence-corrected chi connectivity index (χ1v) is 11.0. The summed E-state index contributed by atoms with van der Waals surface area (Å²) in [5, 5.41) is 9.65. The topological polar surface area (TPSA) is 79.1 Å². The van der Waals surface area contributed by atoms with Crippen LogP contribution in [0.1, 0.15) is 15.9 Å². The molecule has 32 heavy (non-hydrogen) atoms. The van der Waals surface area contributed by atoms with E-state index in [9.17, 15) is 4.79 Å². The van der Waals surface area contributed by atoms with Crippen molar-refractivity contribution in [3.8, 4) is 17.1 Å². The van der Waals surface area contributed by atoms with E-state index >= 15 is 0 Å². The fraction of sp³-hybridized carbons (Fsp3) is 0.167. The number of aromatic nitrogens is 4. The van der Waals surface area contributed by atoms with Crippen molar-refractivity contribution in [1.29, 1.82) is 0 Å². The smallest absolute Gasteiger partial charge is 0.337 e. The van der Waals surface area contributed by atoms with Crippen molar-refractivity contribution in [2.75, 3.05) is 19.5 Å². The molecule has 4 rings (SSSR count). The highest BCUT2D eigenvalue weighted by Gasteiger charge is 2.15. The molecule has 0 fully saturated rings. The summed E-state index contributed by atoms with van der Waals surface area (Å²) < 4.78 is 12.6. The zero-order valence-electron chi connectivity index (χ0n) is 17.5. The second-order valence-corrected chi connectivity index (χ2v) is 7.89. The Bertz CT molecular complexity index is 1150. The lowest BCUT2D eigenvalue weighted by atomic mass is 10.2. The van der Waals surface area contributed by atoms with Gasteiger partial charge in [-0.15, -0.1) is 10.2 Å². The Morgan fingerprint density at radius 1 is 1.00 bits per heavy atom. The van der Waals surface area contributed by atoms with Crippen LogP contribution in [0.15, 0.2) is 84.3 Å². The third-order valence-electron chi connectivity index (χ3n) is 4.68. The number of esters is 1. The number of rotatable bonds is 9. The number of hydrogen-bond acceptors (Lipinski definition) is 7. The Morgan fingerprint density at radius 2 is 1.81 bits per heavy atom. The SMILES string of the molecule is COC(=O)c1ccc(OCCSc2nnc(-c3cccnc3)n2Cc2ccccc2)cc1. The molecule has 0 spiro atoms. The van der Waals surface area contributed by atoms with Crippen molar-refractivity contribution in [2.45, 2.75) is 11.7 Å². The van der Waals surface area contributed by atoms with Gasteiger partial charge in [-0.05, 0) is 42.0 Å². The Balaban J connectivity index is 1.43.